The summed E-state index contributed by atoms with van der Waals surface area (Å²) >= 11 is 5.91. The van der Waals surface area contributed by atoms with E-state index < -0.39 is 0 Å². The Morgan fingerprint density at radius 1 is 1.41 bits per heavy atom. The highest BCUT2D eigenvalue weighted by Crippen LogP contribution is 2.18. The number of hydrogen-bond acceptors (Lipinski definition) is 2. The minimum absolute atomic E-state index is 0.383. The predicted molar refractivity (Wildman–Crippen MR) is 73.9 cm³/mol. The third kappa shape index (κ3) is 4.97. The van der Waals surface area contributed by atoms with Crippen molar-refractivity contribution < 1.29 is 4.74 Å². The van der Waals surface area contributed by atoms with Crippen LogP contribution in [0.2, 0.25) is 5.02 Å². The first kappa shape index (κ1) is 14.3. The van der Waals surface area contributed by atoms with E-state index in [0.717, 1.165) is 5.75 Å². The third-order valence-electron chi connectivity index (χ3n) is 3.03. The highest BCUT2D eigenvalue weighted by molar-refractivity contribution is 6.30. The van der Waals surface area contributed by atoms with E-state index in [2.05, 4.69) is 19.2 Å². The minimum atomic E-state index is 0.383. The van der Waals surface area contributed by atoms with E-state index >= 15 is 0 Å². The lowest BCUT2D eigenvalue weighted by atomic mass is 9.98. The maximum absolute atomic E-state index is 5.91. The van der Waals surface area contributed by atoms with E-state index in [-0.39, 0.29) is 0 Å². The molecule has 0 aliphatic heterocycles. The largest absolute Gasteiger partial charge is 0.492 e. The highest BCUT2D eigenvalue weighted by atomic mass is 35.5. The fourth-order valence-corrected chi connectivity index (χ4v) is 2.11. The Balaban J connectivity index is 2.47. The summed E-state index contributed by atoms with van der Waals surface area (Å²) in [5.41, 5.74) is 0. The topological polar surface area (TPSA) is 21.3 Å². The van der Waals surface area contributed by atoms with E-state index in [1.54, 1.807) is 0 Å². The number of nitrogens with one attached hydrogen (secondary N) is 1. The molecule has 0 bridgehead atoms. The second-order valence-electron chi connectivity index (χ2n) is 4.43. The molecule has 0 heterocycles. The maximum atomic E-state index is 5.91. The molecule has 2 unspecified atom stereocenters. The third-order valence-corrected chi connectivity index (χ3v) is 3.26. The zero-order valence-corrected chi connectivity index (χ0v) is 11.6. The van der Waals surface area contributed by atoms with E-state index in [1.807, 2.05) is 31.3 Å². The summed E-state index contributed by atoms with van der Waals surface area (Å²) in [6.07, 6.45) is 2.42. The van der Waals surface area contributed by atoms with Crippen LogP contribution in [0.4, 0.5) is 0 Å². The lowest BCUT2D eigenvalue weighted by Crippen LogP contribution is -2.37. The van der Waals surface area contributed by atoms with Crippen LogP contribution in [-0.4, -0.2) is 19.7 Å². The van der Waals surface area contributed by atoms with Crippen LogP contribution in [0.25, 0.3) is 0 Å². The second-order valence-corrected chi connectivity index (χ2v) is 4.87. The van der Waals surface area contributed by atoms with Crippen LogP contribution in [0.3, 0.4) is 0 Å². The predicted octanol–water partition coefficient (Wildman–Crippen LogP) is 3.74. The molecule has 2 atom stereocenters. The molecule has 1 aromatic carbocycles. The van der Waals surface area contributed by atoms with Crippen molar-refractivity contribution in [3.63, 3.8) is 0 Å². The van der Waals surface area contributed by atoms with Gasteiger partial charge in [0, 0.05) is 11.1 Å². The number of likely N-dealkylation sites (N-methyl/N-ethyl adjacent to an activating group) is 1. The van der Waals surface area contributed by atoms with Gasteiger partial charge in [0.15, 0.2) is 0 Å². The quantitative estimate of drug-likeness (QED) is 0.801. The summed E-state index contributed by atoms with van der Waals surface area (Å²) in [7, 11) is 1.98. The zero-order valence-electron chi connectivity index (χ0n) is 10.9. The summed E-state index contributed by atoms with van der Waals surface area (Å²) < 4.78 is 5.76. The summed E-state index contributed by atoms with van der Waals surface area (Å²) in [6, 6.07) is 7.92. The summed E-state index contributed by atoms with van der Waals surface area (Å²) in [5.74, 6) is 1.45. The van der Waals surface area contributed by atoms with Crippen LogP contribution in [0.15, 0.2) is 24.3 Å². The van der Waals surface area contributed by atoms with Crippen molar-refractivity contribution >= 4 is 11.6 Å². The average Bonchev–Trinajstić information content (AvgIpc) is 2.30. The normalized spacial score (nSPS) is 14.4. The molecule has 0 saturated carbocycles. The first-order chi connectivity index (χ1) is 8.17. The standard InChI is InChI=1S/C14H22ClNO/c1-4-6-11(2)14(16-3)10-17-13-8-5-7-12(15)9-13/h5,7-9,11,14,16H,4,6,10H2,1-3H3. The first-order valence-electron chi connectivity index (χ1n) is 6.23. The van der Waals surface area contributed by atoms with Gasteiger partial charge in [0.1, 0.15) is 12.4 Å². The van der Waals surface area contributed by atoms with Crippen molar-refractivity contribution in [2.75, 3.05) is 13.7 Å². The van der Waals surface area contributed by atoms with Crippen LogP contribution >= 0.6 is 11.6 Å². The van der Waals surface area contributed by atoms with Crippen molar-refractivity contribution in [1.82, 2.24) is 5.32 Å². The van der Waals surface area contributed by atoms with Crippen molar-refractivity contribution in [3.8, 4) is 5.75 Å². The Morgan fingerprint density at radius 2 is 2.18 bits per heavy atom. The second kappa shape index (κ2) is 7.57. The molecule has 17 heavy (non-hydrogen) atoms. The van der Waals surface area contributed by atoms with Gasteiger partial charge in [-0.25, -0.2) is 0 Å². The number of halogens is 1. The van der Waals surface area contributed by atoms with Crippen molar-refractivity contribution in [1.29, 1.82) is 0 Å². The van der Waals surface area contributed by atoms with Gasteiger partial charge in [0.05, 0.1) is 0 Å². The van der Waals surface area contributed by atoms with Crippen LogP contribution in [0, 0.1) is 5.92 Å². The summed E-state index contributed by atoms with van der Waals surface area (Å²) in [4.78, 5) is 0. The van der Waals surface area contributed by atoms with Gasteiger partial charge in [0.25, 0.3) is 0 Å². The Labute approximate surface area is 109 Å². The molecule has 0 aliphatic carbocycles. The van der Waals surface area contributed by atoms with Gasteiger partial charge in [-0.05, 0) is 37.6 Å². The van der Waals surface area contributed by atoms with Crippen LogP contribution in [-0.2, 0) is 0 Å². The molecular weight excluding hydrogens is 234 g/mol. The van der Waals surface area contributed by atoms with E-state index in [0.29, 0.717) is 23.6 Å². The van der Waals surface area contributed by atoms with E-state index in [9.17, 15) is 0 Å². The van der Waals surface area contributed by atoms with Gasteiger partial charge in [0.2, 0.25) is 0 Å². The average molecular weight is 256 g/mol. The smallest absolute Gasteiger partial charge is 0.120 e. The van der Waals surface area contributed by atoms with Gasteiger partial charge in [-0.15, -0.1) is 0 Å². The molecule has 0 spiro atoms. The molecule has 0 radical (unpaired) electrons. The molecule has 3 heteroatoms. The van der Waals surface area contributed by atoms with Crippen molar-refractivity contribution in [2.24, 2.45) is 5.92 Å². The van der Waals surface area contributed by atoms with Gasteiger partial charge >= 0.3 is 0 Å². The Hall–Kier alpha value is -0.730. The fraction of sp³-hybridized carbons (Fsp3) is 0.571. The van der Waals surface area contributed by atoms with Crippen molar-refractivity contribution in [3.05, 3.63) is 29.3 Å². The van der Waals surface area contributed by atoms with Crippen LogP contribution in [0.5, 0.6) is 5.75 Å². The van der Waals surface area contributed by atoms with Crippen molar-refractivity contribution in [2.45, 2.75) is 32.7 Å². The molecule has 0 aromatic heterocycles. The van der Waals surface area contributed by atoms with Gasteiger partial charge in [-0.1, -0.05) is 37.9 Å². The maximum Gasteiger partial charge on any atom is 0.120 e. The van der Waals surface area contributed by atoms with Gasteiger partial charge in [-0.2, -0.15) is 0 Å². The summed E-state index contributed by atoms with van der Waals surface area (Å²) in [5, 5.41) is 4.03. The lowest BCUT2D eigenvalue weighted by molar-refractivity contribution is 0.224. The van der Waals surface area contributed by atoms with E-state index in [4.69, 9.17) is 16.3 Å². The first-order valence-corrected chi connectivity index (χ1v) is 6.60. The summed E-state index contributed by atoms with van der Waals surface area (Å²) in [6.45, 7) is 5.14. The molecule has 1 rings (SSSR count). The highest BCUT2D eigenvalue weighted by Gasteiger charge is 2.15. The molecule has 0 saturated heterocycles. The molecule has 2 nitrogen and oxygen atoms in total. The molecule has 1 aromatic rings. The number of benzene rings is 1. The molecule has 0 aliphatic rings. The molecule has 0 fully saturated rings. The minimum Gasteiger partial charge on any atom is -0.492 e. The van der Waals surface area contributed by atoms with Gasteiger partial charge in [-0.3, -0.25) is 0 Å². The fourth-order valence-electron chi connectivity index (χ4n) is 1.93. The molecule has 96 valence electrons. The van der Waals surface area contributed by atoms with Gasteiger partial charge < -0.3 is 10.1 Å². The Kier molecular flexibility index (Phi) is 6.38. The Bertz CT molecular complexity index is 330. The lowest BCUT2D eigenvalue weighted by Gasteiger charge is -2.23. The number of rotatable bonds is 7. The van der Waals surface area contributed by atoms with Crippen LogP contribution < -0.4 is 10.1 Å². The monoisotopic (exact) mass is 255 g/mol. The zero-order chi connectivity index (χ0) is 12.7. The number of hydrogen-bond donors (Lipinski definition) is 1. The van der Waals surface area contributed by atoms with E-state index in [1.165, 1.54) is 12.8 Å². The molecule has 1 N–H and O–H groups in total. The molecule has 0 amide bonds. The number of ether oxygens (including phenoxy) is 1. The molecular formula is C14H22ClNO. The SMILES string of the molecule is CCCC(C)C(COc1cccc(Cl)c1)NC. The van der Waals surface area contributed by atoms with Crippen LogP contribution in [0.1, 0.15) is 26.7 Å². The Morgan fingerprint density at radius 3 is 2.76 bits per heavy atom.